The maximum Gasteiger partial charge on any atom is 0.150 e. The average molecular weight is 451 g/mol. The van der Waals surface area contributed by atoms with Crippen LogP contribution in [0.15, 0.2) is 42.9 Å². The van der Waals surface area contributed by atoms with Crippen molar-refractivity contribution < 1.29 is 9.84 Å². The fraction of sp³-hybridized carbons (Fsp3) is 0.440. The Kier molecular flexibility index (Phi) is 8.06. The van der Waals surface area contributed by atoms with E-state index in [-0.39, 0.29) is 5.60 Å². The van der Waals surface area contributed by atoms with E-state index in [1.54, 1.807) is 13.3 Å². The first kappa shape index (κ1) is 24.7. The predicted octanol–water partition coefficient (Wildman–Crippen LogP) is 3.17. The molecule has 4 rings (SSSR count). The molecule has 0 saturated carbocycles. The third kappa shape index (κ3) is 7.27. The van der Waals surface area contributed by atoms with Crippen LogP contribution in [-0.2, 0) is 4.74 Å². The second-order valence-corrected chi connectivity index (χ2v) is 9.19. The monoisotopic (exact) mass is 450 g/mol. The van der Waals surface area contributed by atoms with E-state index in [0.29, 0.717) is 17.7 Å². The number of fused-ring (bicyclic) bond motifs is 1. The van der Waals surface area contributed by atoms with E-state index in [1.807, 2.05) is 61.8 Å². The number of likely N-dealkylation sites (tertiary alicyclic amines) is 1. The highest BCUT2D eigenvalue weighted by Crippen LogP contribution is 2.20. The van der Waals surface area contributed by atoms with Gasteiger partial charge in [-0.15, -0.1) is 6.42 Å². The molecule has 0 aliphatic carbocycles. The first-order chi connectivity index (χ1) is 15.7. The first-order valence-electron chi connectivity index (χ1n) is 11.0. The molecule has 3 aromatic rings. The molecule has 1 unspecified atom stereocenters. The van der Waals surface area contributed by atoms with Crippen LogP contribution in [0.2, 0.25) is 0 Å². The minimum Gasteiger partial charge on any atom is -0.379 e. The SMILES string of the molecule is C#Cc1ccc2nc(Nc3cc(C(O)N[C@H]4CCN(C)C4)ccn3)cn2c1.COC(C)(C)C. The lowest BCUT2D eigenvalue weighted by molar-refractivity contribution is 0.0397. The van der Waals surface area contributed by atoms with E-state index in [2.05, 4.69) is 38.5 Å². The van der Waals surface area contributed by atoms with Gasteiger partial charge in [0.05, 0.1) is 11.8 Å². The molecule has 1 fully saturated rings. The number of imidazole rings is 1. The summed E-state index contributed by atoms with van der Waals surface area (Å²) >= 11 is 0. The van der Waals surface area contributed by atoms with Crippen molar-refractivity contribution in [2.45, 2.75) is 45.1 Å². The molecule has 0 aromatic carbocycles. The Balaban J connectivity index is 0.000000454. The summed E-state index contributed by atoms with van der Waals surface area (Å²) in [6.45, 7) is 8.05. The number of nitrogens with zero attached hydrogens (tertiary/aromatic N) is 4. The van der Waals surface area contributed by atoms with Gasteiger partial charge in [0.2, 0.25) is 0 Å². The summed E-state index contributed by atoms with van der Waals surface area (Å²) in [5, 5.41) is 17.0. The smallest absolute Gasteiger partial charge is 0.150 e. The second kappa shape index (κ2) is 10.8. The molecule has 8 heteroatoms. The van der Waals surface area contributed by atoms with Crippen LogP contribution in [0.3, 0.4) is 0 Å². The van der Waals surface area contributed by atoms with Crippen molar-refractivity contribution >= 4 is 17.3 Å². The molecule has 0 spiro atoms. The Morgan fingerprint density at radius 2 is 2.00 bits per heavy atom. The Morgan fingerprint density at radius 1 is 1.24 bits per heavy atom. The number of anilines is 2. The number of aromatic nitrogens is 3. The summed E-state index contributed by atoms with van der Waals surface area (Å²) in [4.78, 5) is 11.1. The average Bonchev–Trinajstić information content (AvgIpc) is 3.38. The zero-order valence-corrected chi connectivity index (χ0v) is 20.0. The van der Waals surface area contributed by atoms with E-state index < -0.39 is 6.23 Å². The molecule has 3 N–H and O–H groups in total. The summed E-state index contributed by atoms with van der Waals surface area (Å²) in [6, 6.07) is 7.65. The molecule has 0 bridgehead atoms. The summed E-state index contributed by atoms with van der Waals surface area (Å²) in [5.41, 5.74) is 2.39. The molecule has 33 heavy (non-hydrogen) atoms. The topological polar surface area (TPSA) is 87.0 Å². The molecule has 8 nitrogen and oxygen atoms in total. The van der Waals surface area contributed by atoms with E-state index in [4.69, 9.17) is 11.2 Å². The highest BCUT2D eigenvalue weighted by atomic mass is 16.5. The fourth-order valence-corrected chi connectivity index (χ4v) is 3.34. The number of hydrogen-bond acceptors (Lipinski definition) is 7. The maximum absolute atomic E-state index is 10.5. The number of aliphatic hydroxyl groups excluding tert-OH is 1. The van der Waals surface area contributed by atoms with Crippen molar-refractivity contribution in [3.63, 3.8) is 0 Å². The number of hydrogen-bond donors (Lipinski definition) is 3. The maximum atomic E-state index is 10.5. The van der Waals surface area contributed by atoms with Gasteiger partial charge in [0, 0.05) is 43.2 Å². The van der Waals surface area contributed by atoms with Crippen molar-refractivity contribution in [3.05, 3.63) is 54.0 Å². The number of likely N-dealkylation sites (N-methyl/N-ethyl adjacent to an activating group) is 1. The molecular weight excluding hydrogens is 416 g/mol. The summed E-state index contributed by atoms with van der Waals surface area (Å²) in [5.74, 6) is 3.89. The van der Waals surface area contributed by atoms with Crippen LogP contribution in [0.25, 0.3) is 5.65 Å². The summed E-state index contributed by atoms with van der Waals surface area (Å²) in [6.07, 6.45) is 11.1. The third-order valence-electron chi connectivity index (χ3n) is 5.37. The number of ether oxygens (including phenoxy) is 1. The number of methoxy groups -OCH3 is 1. The van der Waals surface area contributed by atoms with Crippen molar-refractivity contribution in [3.8, 4) is 12.3 Å². The van der Waals surface area contributed by atoms with Gasteiger partial charge < -0.3 is 24.5 Å². The standard InChI is InChI=1S/C20H22N6O.C5H12O/c1-3-14-4-5-19-24-18(13-26(19)11-14)23-17-10-15(6-8-21-17)20(27)22-16-7-9-25(2)12-16;1-5(2,3)6-4/h1,4-6,8,10-11,13,16,20,22,27H,7,9,12H2,2H3,(H,21,23);1-4H3/t16-,20?;/m0./s1. The second-order valence-electron chi connectivity index (χ2n) is 9.19. The predicted molar refractivity (Wildman–Crippen MR) is 131 cm³/mol. The lowest BCUT2D eigenvalue weighted by atomic mass is 10.2. The van der Waals surface area contributed by atoms with Crippen LogP contribution >= 0.6 is 0 Å². The summed E-state index contributed by atoms with van der Waals surface area (Å²) < 4.78 is 6.81. The van der Waals surface area contributed by atoms with Gasteiger partial charge in [-0.3, -0.25) is 5.32 Å². The van der Waals surface area contributed by atoms with E-state index in [0.717, 1.165) is 36.3 Å². The van der Waals surface area contributed by atoms with Crippen molar-refractivity contribution in [2.75, 3.05) is 32.6 Å². The first-order valence-corrected chi connectivity index (χ1v) is 11.0. The quantitative estimate of drug-likeness (QED) is 0.407. The fourth-order valence-electron chi connectivity index (χ4n) is 3.34. The molecule has 4 heterocycles. The van der Waals surface area contributed by atoms with Gasteiger partial charge in [-0.25, -0.2) is 9.97 Å². The van der Waals surface area contributed by atoms with Gasteiger partial charge >= 0.3 is 0 Å². The van der Waals surface area contributed by atoms with Crippen LogP contribution in [0.5, 0.6) is 0 Å². The van der Waals surface area contributed by atoms with Crippen LogP contribution in [0.1, 0.15) is 44.5 Å². The normalized spacial score (nSPS) is 17.3. The highest BCUT2D eigenvalue weighted by Gasteiger charge is 2.22. The van der Waals surface area contributed by atoms with Crippen molar-refractivity contribution in [1.82, 2.24) is 24.6 Å². The van der Waals surface area contributed by atoms with Crippen LogP contribution in [-0.4, -0.2) is 63.3 Å². The molecule has 2 atom stereocenters. The number of pyridine rings is 2. The highest BCUT2D eigenvalue weighted by molar-refractivity contribution is 5.57. The molecule has 0 radical (unpaired) electrons. The van der Waals surface area contributed by atoms with Gasteiger partial charge in [-0.05, 0) is 65.0 Å². The number of aliphatic hydroxyl groups is 1. The molecule has 1 aliphatic heterocycles. The van der Waals surface area contributed by atoms with Crippen LogP contribution in [0.4, 0.5) is 11.6 Å². The number of nitrogens with one attached hydrogen (secondary N) is 2. The van der Waals surface area contributed by atoms with Crippen LogP contribution in [0, 0.1) is 12.3 Å². The van der Waals surface area contributed by atoms with Crippen molar-refractivity contribution in [1.29, 1.82) is 0 Å². The number of terminal acetylenes is 1. The zero-order chi connectivity index (χ0) is 24.0. The molecule has 3 aromatic heterocycles. The van der Waals surface area contributed by atoms with Gasteiger partial charge in [0.25, 0.3) is 0 Å². The lowest BCUT2D eigenvalue weighted by Crippen LogP contribution is -2.34. The lowest BCUT2D eigenvalue weighted by Gasteiger charge is -2.19. The Hall–Kier alpha value is -2.96. The zero-order valence-electron chi connectivity index (χ0n) is 20.0. The van der Waals surface area contributed by atoms with E-state index in [1.165, 1.54) is 0 Å². The van der Waals surface area contributed by atoms with E-state index >= 15 is 0 Å². The van der Waals surface area contributed by atoms with Gasteiger partial charge in [0.1, 0.15) is 17.7 Å². The molecule has 1 aliphatic rings. The third-order valence-corrected chi connectivity index (χ3v) is 5.37. The van der Waals surface area contributed by atoms with Gasteiger partial charge in [0.15, 0.2) is 5.82 Å². The van der Waals surface area contributed by atoms with E-state index in [9.17, 15) is 5.11 Å². The molecule has 0 amide bonds. The summed E-state index contributed by atoms with van der Waals surface area (Å²) in [7, 11) is 3.80. The molecular formula is C25H34N6O2. The van der Waals surface area contributed by atoms with Gasteiger partial charge in [-0.1, -0.05) is 5.92 Å². The molecule has 1 saturated heterocycles. The Bertz CT molecular complexity index is 1100. The minimum atomic E-state index is -0.732. The van der Waals surface area contributed by atoms with Gasteiger partial charge in [-0.2, -0.15) is 0 Å². The molecule has 176 valence electrons. The van der Waals surface area contributed by atoms with Crippen LogP contribution < -0.4 is 10.6 Å². The largest absolute Gasteiger partial charge is 0.379 e. The van der Waals surface area contributed by atoms with Crippen molar-refractivity contribution in [2.24, 2.45) is 0 Å². The Labute approximate surface area is 196 Å². The Morgan fingerprint density at radius 3 is 2.64 bits per heavy atom. The minimum absolute atomic E-state index is 0.0417. The number of rotatable bonds is 5.